The van der Waals surface area contributed by atoms with Gasteiger partial charge in [0.1, 0.15) is 11.1 Å². The molecule has 1 atom stereocenters. The highest BCUT2D eigenvalue weighted by Gasteiger charge is 2.25. The topological polar surface area (TPSA) is 75.3 Å². The molecule has 0 spiro atoms. The lowest BCUT2D eigenvalue weighted by molar-refractivity contribution is -0.115. The van der Waals surface area contributed by atoms with E-state index in [1.54, 1.807) is 6.07 Å². The highest BCUT2D eigenvalue weighted by atomic mass is 32.2. The first kappa shape index (κ1) is 14.9. The molecule has 1 aromatic carbocycles. The quantitative estimate of drug-likeness (QED) is 0.867. The van der Waals surface area contributed by atoms with Crippen LogP contribution in [-0.2, 0) is 27.6 Å². The summed E-state index contributed by atoms with van der Waals surface area (Å²) in [6.45, 7) is 2.56. The van der Waals surface area contributed by atoms with Gasteiger partial charge < -0.3 is 10.6 Å². The maximum absolute atomic E-state index is 14.3. The Kier molecular flexibility index (Phi) is 4.10. The van der Waals surface area contributed by atoms with Gasteiger partial charge in [0.05, 0.1) is 5.69 Å². The van der Waals surface area contributed by atoms with Crippen LogP contribution in [0.4, 0.5) is 10.1 Å². The minimum atomic E-state index is -3.50. The number of anilines is 1. The second kappa shape index (κ2) is 5.49. The minimum Gasteiger partial charge on any atom is -0.322 e. The molecule has 2 N–H and O–H groups in total. The predicted octanol–water partition coefficient (Wildman–Crippen LogP) is 0.843. The monoisotopic (exact) mass is 300 g/mol. The van der Waals surface area contributed by atoms with Gasteiger partial charge in [-0.15, -0.1) is 0 Å². The SMILES string of the molecule is CC(C(=O)Nc1ccc2c(c1F)CCNC2)S(C)(=O)=O. The number of carbonyl (C=O) groups excluding carboxylic acids is 1. The first-order valence-electron chi connectivity index (χ1n) is 6.31. The third kappa shape index (κ3) is 2.99. The van der Waals surface area contributed by atoms with Gasteiger partial charge >= 0.3 is 0 Å². The lowest BCUT2D eigenvalue weighted by atomic mass is 9.99. The Bertz CT molecular complexity index is 643. The average molecular weight is 300 g/mol. The maximum atomic E-state index is 14.3. The Balaban J connectivity index is 2.25. The van der Waals surface area contributed by atoms with Crippen LogP contribution in [0.5, 0.6) is 0 Å². The molecule has 1 heterocycles. The minimum absolute atomic E-state index is 0.0335. The zero-order valence-corrected chi connectivity index (χ0v) is 12.2. The van der Waals surface area contributed by atoms with E-state index in [2.05, 4.69) is 10.6 Å². The van der Waals surface area contributed by atoms with E-state index in [1.165, 1.54) is 13.0 Å². The summed E-state index contributed by atoms with van der Waals surface area (Å²) in [4.78, 5) is 11.8. The van der Waals surface area contributed by atoms with Gasteiger partial charge in [-0.25, -0.2) is 12.8 Å². The van der Waals surface area contributed by atoms with Crippen molar-refractivity contribution in [1.29, 1.82) is 0 Å². The molecule has 2 rings (SSSR count). The van der Waals surface area contributed by atoms with E-state index in [4.69, 9.17) is 0 Å². The number of benzene rings is 1. The fraction of sp³-hybridized carbons (Fsp3) is 0.462. The Morgan fingerprint density at radius 1 is 1.45 bits per heavy atom. The number of sulfone groups is 1. The molecule has 0 saturated carbocycles. The van der Waals surface area contributed by atoms with Gasteiger partial charge in [-0.1, -0.05) is 6.07 Å². The van der Waals surface area contributed by atoms with Crippen molar-refractivity contribution in [1.82, 2.24) is 5.32 Å². The number of rotatable bonds is 3. The summed E-state index contributed by atoms with van der Waals surface area (Å²) >= 11 is 0. The van der Waals surface area contributed by atoms with Gasteiger partial charge in [-0.3, -0.25) is 4.79 Å². The van der Waals surface area contributed by atoms with Crippen molar-refractivity contribution >= 4 is 21.4 Å². The van der Waals surface area contributed by atoms with E-state index in [0.717, 1.165) is 11.8 Å². The van der Waals surface area contributed by atoms with Crippen LogP contribution in [0.1, 0.15) is 18.1 Å². The second-order valence-corrected chi connectivity index (χ2v) is 7.32. The van der Waals surface area contributed by atoms with Gasteiger partial charge in [0.2, 0.25) is 5.91 Å². The standard InChI is InChI=1S/C13H17FN2O3S/c1-8(20(2,18)19)13(17)16-11-4-3-9-7-15-6-5-10(9)12(11)14/h3-4,8,15H,5-7H2,1-2H3,(H,16,17). The highest BCUT2D eigenvalue weighted by molar-refractivity contribution is 7.92. The molecule has 0 bridgehead atoms. The molecular formula is C13H17FN2O3S. The van der Waals surface area contributed by atoms with Gasteiger partial charge in [-0.2, -0.15) is 0 Å². The van der Waals surface area contributed by atoms with Crippen molar-refractivity contribution in [2.75, 3.05) is 18.1 Å². The molecule has 0 fully saturated rings. The molecule has 0 radical (unpaired) electrons. The molecule has 1 amide bonds. The van der Waals surface area contributed by atoms with Crippen molar-refractivity contribution in [3.63, 3.8) is 0 Å². The Morgan fingerprint density at radius 2 is 2.15 bits per heavy atom. The molecule has 0 saturated heterocycles. The van der Waals surface area contributed by atoms with Crippen LogP contribution in [0.3, 0.4) is 0 Å². The van der Waals surface area contributed by atoms with Crippen LogP contribution in [0.15, 0.2) is 12.1 Å². The van der Waals surface area contributed by atoms with E-state index in [0.29, 0.717) is 25.1 Å². The first-order valence-corrected chi connectivity index (χ1v) is 8.27. The van der Waals surface area contributed by atoms with Crippen molar-refractivity contribution in [2.24, 2.45) is 0 Å². The van der Waals surface area contributed by atoms with Crippen LogP contribution in [0.2, 0.25) is 0 Å². The molecule has 7 heteroatoms. The van der Waals surface area contributed by atoms with E-state index in [1.807, 2.05) is 0 Å². The first-order chi connectivity index (χ1) is 9.30. The lowest BCUT2D eigenvalue weighted by Crippen LogP contribution is -2.32. The summed E-state index contributed by atoms with van der Waals surface area (Å²) in [5.41, 5.74) is 1.47. The van der Waals surface area contributed by atoms with Crippen molar-refractivity contribution in [2.45, 2.75) is 25.1 Å². The van der Waals surface area contributed by atoms with E-state index in [-0.39, 0.29) is 5.69 Å². The third-order valence-corrected chi connectivity index (χ3v) is 4.98. The van der Waals surface area contributed by atoms with Crippen molar-refractivity contribution in [3.05, 3.63) is 29.1 Å². The van der Waals surface area contributed by atoms with Crippen LogP contribution < -0.4 is 10.6 Å². The number of hydrogen-bond donors (Lipinski definition) is 2. The number of fused-ring (bicyclic) bond motifs is 1. The number of carbonyl (C=O) groups is 1. The van der Waals surface area contributed by atoms with Gasteiger partial charge in [0.25, 0.3) is 0 Å². The normalized spacial score (nSPS) is 16.4. The smallest absolute Gasteiger partial charge is 0.242 e. The molecule has 5 nitrogen and oxygen atoms in total. The van der Waals surface area contributed by atoms with Crippen LogP contribution >= 0.6 is 0 Å². The summed E-state index contributed by atoms with van der Waals surface area (Å²) in [5.74, 6) is -1.20. The molecule has 110 valence electrons. The number of amides is 1. The summed E-state index contributed by atoms with van der Waals surface area (Å²) in [7, 11) is -3.50. The summed E-state index contributed by atoms with van der Waals surface area (Å²) < 4.78 is 36.9. The van der Waals surface area contributed by atoms with Crippen molar-refractivity contribution in [3.8, 4) is 0 Å². The number of halogens is 1. The fourth-order valence-electron chi connectivity index (χ4n) is 2.06. The molecular weight excluding hydrogens is 283 g/mol. The average Bonchev–Trinajstić information content (AvgIpc) is 2.40. The zero-order valence-electron chi connectivity index (χ0n) is 11.4. The number of nitrogens with one attached hydrogen (secondary N) is 2. The Labute approximate surface area is 117 Å². The fourth-order valence-corrected chi connectivity index (χ4v) is 2.51. The van der Waals surface area contributed by atoms with E-state index < -0.39 is 26.8 Å². The summed E-state index contributed by atoms with van der Waals surface area (Å²) in [5, 5.41) is 4.28. The predicted molar refractivity (Wildman–Crippen MR) is 74.7 cm³/mol. The summed E-state index contributed by atoms with van der Waals surface area (Å²) in [6.07, 6.45) is 1.53. The molecule has 1 aliphatic rings. The molecule has 1 unspecified atom stereocenters. The van der Waals surface area contributed by atoms with Gasteiger partial charge in [0.15, 0.2) is 9.84 Å². The summed E-state index contributed by atoms with van der Waals surface area (Å²) in [6, 6.07) is 3.21. The largest absolute Gasteiger partial charge is 0.322 e. The molecule has 20 heavy (non-hydrogen) atoms. The van der Waals surface area contributed by atoms with Crippen LogP contribution in [0.25, 0.3) is 0 Å². The van der Waals surface area contributed by atoms with Gasteiger partial charge in [-0.05, 0) is 37.1 Å². The lowest BCUT2D eigenvalue weighted by Gasteiger charge is -2.20. The van der Waals surface area contributed by atoms with Gasteiger partial charge in [0, 0.05) is 12.8 Å². The number of hydrogen-bond acceptors (Lipinski definition) is 4. The molecule has 1 aliphatic heterocycles. The maximum Gasteiger partial charge on any atom is 0.242 e. The van der Waals surface area contributed by atoms with E-state index >= 15 is 0 Å². The second-order valence-electron chi connectivity index (χ2n) is 4.95. The van der Waals surface area contributed by atoms with E-state index in [9.17, 15) is 17.6 Å². The Morgan fingerprint density at radius 3 is 2.80 bits per heavy atom. The van der Waals surface area contributed by atoms with Crippen molar-refractivity contribution < 1.29 is 17.6 Å². The van der Waals surface area contributed by atoms with Crippen LogP contribution in [-0.4, -0.2) is 32.4 Å². The zero-order chi connectivity index (χ0) is 14.9. The van der Waals surface area contributed by atoms with Crippen LogP contribution in [0, 0.1) is 5.82 Å². The molecule has 0 aliphatic carbocycles. The Hall–Kier alpha value is -1.47. The molecule has 1 aromatic rings. The third-order valence-electron chi connectivity index (χ3n) is 3.48. The highest BCUT2D eigenvalue weighted by Crippen LogP contribution is 2.24. The molecule has 0 aromatic heterocycles.